The number of ether oxygens (including phenoxy) is 2. The van der Waals surface area contributed by atoms with E-state index in [-0.39, 0.29) is 11.5 Å². The number of nitrogens with zero attached hydrogens (tertiary/aromatic N) is 1. The molecule has 0 saturated carbocycles. The molecule has 6 heteroatoms. The Kier molecular flexibility index (Phi) is 6.51. The van der Waals surface area contributed by atoms with Crippen molar-refractivity contribution in [2.24, 2.45) is 0 Å². The summed E-state index contributed by atoms with van der Waals surface area (Å²) in [6, 6.07) is 24.2. The van der Waals surface area contributed by atoms with Crippen molar-refractivity contribution in [1.29, 1.82) is 0 Å². The van der Waals surface area contributed by atoms with Crippen LogP contribution in [0.15, 0.2) is 84.4 Å². The van der Waals surface area contributed by atoms with Gasteiger partial charge < -0.3 is 9.47 Å². The number of hydrogen-bond acceptors (Lipinski definition) is 4. The van der Waals surface area contributed by atoms with Gasteiger partial charge in [0, 0.05) is 6.42 Å². The van der Waals surface area contributed by atoms with Crippen LogP contribution in [0.5, 0.6) is 11.5 Å². The maximum absolute atomic E-state index is 12.6. The summed E-state index contributed by atoms with van der Waals surface area (Å²) in [7, 11) is 0. The lowest BCUT2D eigenvalue weighted by atomic mass is 10.1. The largest absolute Gasteiger partial charge is 0.493 e. The van der Waals surface area contributed by atoms with Crippen LogP contribution in [0, 0.1) is 6.92 Å². The molecule has 1 aliphatic heterocycles. The lowest BCUT2D eigenvalue weighted by Crippen LogP contribution is -2.35. The minimum absolute atomic E-state index is 0.0933. The van der Waals surface area contributed by atoms with Gasteiger partial charge in [0.2, 0.25) is 0 Å². The molecule has 0 radical (unpaired) electrons. The van der Waals surface area contributed by atoms with E-state index in [9.17, 15) is 9.59 Å². The van der Waals surface area contributed by atoms with E-state index in [0.717, 1.165) is 23.5 Å². The molecule has 1 saturated heterocycles. The first-order valence-electron chi connectivity index (χ1n) is 10.4. The average Bonchev–Trinajstić information content (AvgIpc) is 3.10. The maximum atomic E-state index is 12.6. The molecule has 3 aromatic carbocycles. The second-order valence-corrected chi connectivity index (χ2v) is 7.41. The van der Waals surface area contributed by atoms with Gasteiger partial charge >= 0.3 is 0 Å². The Hall–Kier alpha value is -4.06. The summed E-state index contributed by atoms with van der Waals surface area (Å²) in [6.07, 6.45) is 2.34. The molecular weight excluding hydrogens is 404 g/mol. The molecule has 0 bridgehead atoms. The molecule has 6 nitrogen and oxygen atoms in total. The van der Waals surface area contributed by atoms with Crippen LogP contribution >= 0.6 is 0 Å². The Bertz CT molecular complexity index is 1110. The quantitative estimate of drug-likeness (QED) is 0.330. The molecule has 1 N–H and O–H groups in total. The summed E-state index contributed by atoms with van der Waals surface area (Å²) in [5, 5.41) is 1.25. The summed E-state index contributed by atoms with van der Waals surface area (Å²) in [4.78, 5) is 24.9. The van der Waals surface area contributed by atoms with E-state index >= 15 is 0 Å². The molecule has 0 atom stereocenters. The minimum Gasteiger partial charge on any atom is -0.493 e. The number of para-hydroxylation sites is 1. The zero-order valence-corrected chi connectivity index (χ0v) is 17.8. The van der Waals surface area contributed by atoms with Gasteiger partial charge in [-0.1, -0.05) is 48.0 Å². The van der Waals surface area contributed by atoms with Crippen molar-refractivity contribution in [1.82, 2.24) is 5.43 Å². The summed E-state index contributed by atoms with van der Waals surface area (Å²) >= 11 is 0. The van der Waals surface area contributed by atoms with Crippen LogP contribution in [0.3, 0.4) is 0 Å². The van der Waals surface area contributed by atoms with Crippen molar-refractivity contribution in [2.75, 3.05) is 18.2 Å². The van der Waals surface area contributed by atoms with Gasteiger partial charge in [0.1, 0.15) is 17.1 Å². The van der Waals surface area contributed by atoms with Crippen LogP contribution < -0.4 is 19.9 Å². The first-order chi connectivity index (χ1) is 15.6. The Balaban J connectivity index is 1.28. The number of carbonyl (C=O) groups is 2. The Labute approximate surface area is 187 Å². The number of nitrogens with one attached hydrogen (secondary N) is 1. The van der Waals surface area contributed by atoms with E-state index in [1.807, 2.05) is 73.7 Å². The van der Waals surface area contributed by atoms with Crippen molar-refractivity contribution in [2.45, 2.75) is 13.3 Å². The molecule has 1 heterocycles. The number of amides is 2. The van der Waals surface area contributed by atoms with Crippen LogP contribution in [0.2, 0.25) is 0 Å². The molecule has 1 aliphatic rings. The van der Waals surface area contributed by atoms with Crippen LogP contribution in [0.1, 0.15) is 17.5 Å². The second kappa shape index (κ2) is 9.83. The summed E-state index contributed by atoms with van der Waals surface area (Å²) in [5.74, 6) is 0.766. The van der Waals surface area contributed by atoms with Gasteiger partial charge in [-0.15, -0.1) is 0 Å². The van der Waals surface area contributed by atoms with E-state index in [1.54, 1.807) is 18.2 Å². The van der Waals surface area contributed by atoms with Gasteiger partial charge in [-0.3, -0.25) is 15.0 Å². The molecule has 162 valence electrons. The molecule has 0 unspecified atom stereocenters. The second-order valence-electron chi connectivity index (χ2n) is 7.41. The molecule has 3 aromatic rings. The first kappa shape index (κ1) is 21.2. The summed E-state index contributed by atoms with van der Waals surface area (Å²) < 4.78 is 11.4. The van der Waals surface area contributed by atoms with Crippen LogP contribution in [-0.4, -0.2) is 25.0 Å². The molecule has 0 aromatic heterocycles. The number of rotatable bonds is 8. The lowest BCUT2D eigenvalue weighted by molar-refractivity contribution is -0.117. The van der Waals surface area contributed by atoms with Gasteiger partial charge in [-0.05, 0) is 55.0 Å². The minimum atomic E-state index is -0.423. The first-order valence-corrected chi connectivity index (χ1v) is 10.4. The number of benzene rings is 3. The average molecular weight is 428 g/mol. The van der Waals surface area contributed by atoms with E-state index in [4.69, 9.17) is 9.47 Å². The number of hydrogen-bond donors (Lipinski definition) is 1. The van der Waals surface area contributed by atoms with Crippen molar-refractivity contribution in [3.05, 3.63) is 95.6 Å². The molecule has 4 rings (SSSR count). The van der Waals surface area contributed by atoms with Gasteiger partial charge in [0.25, 0.3) is 11.8 Å². The molecular formula is C26H24N2O4. The highest BCUT2D eigenvalue weighted by Crippen LogP contribution is 2.22. The van der Waals surface area contributed by atoms with Crippen molar-refractivity contribution in [3.63, 3.8) is 0 Å². The normalized spacial score (nSPS) is 14.5. The Morgan fingerprint density at radius 2 is 1.41 bits per heavy atom. The topological polar surface area (TPSA) is 67.9 Å². The number of hydrazine groups is 1. The van der Waals surface area contributed by atoms with E-state index in [0.29, 0.717) is 18.9 Å². The number of aryl methyl sites for hydroxylation is 1. The zero-order chi connectivity index (χ0) is 22.3. The molecule has 32 heavy (non-hydrogen) atoms. The van der Waals surface area contributed by atoms with Crippen molar-refractivity contribution < 1.29 is 19.1 Å². The van der Waals surface area contributed by atoms with Crippen molar-refractivity contribution in [3.8, 4) is 11.5 Å². The van der Waals surface area contributed by atoms with Gasteiger partial charge in [-0.2, -0.15) is 0 Å². The standard InChI is InChI=1S/C26H24N2O4/c1-19-8-12-22(13-9-19)31-16-5-17-32-23-14-10-20(11-15-23)18-24-25(29)27-28(26(24)30)21-6-3-2-4-7-21/h2-4,6-15,18H,5,16-17H2,1H3,(H,27,29)/b24-18+. The third-order valence-corrected chi connectivity index (χ3v) is 4.94. The molecule has 1 fully saturated rings. The molecule has 0 spiro atoms. The maximum Gasteiger partial charge on any atom is 0.282 e. The van der Waals surface area contributed by atoms with E-state index in [1.165, 1.54) is 10.6 Å². The molecule has 0 aliphatic carbocycles. The predicted molar refractivity (Wildman–Crippen MR) is 123 cm³/mol. The van der Waals surface area contributed by atoms with Gasteiger partial charge in [0.05, 0.1) is 18.9 Å². The fraction of sp³-hybridized carbons (Fsp3) is 0.154. The number of anilines is 1. The van der Waals surface area contributed by atoms with Crippen LogP contribution in [0.25, 0.3) is 6.08 Å². The Morgan fingerprint density at radius 3 is 2.03 bits per heavy atom. The third-order valence-electron chi connectivity index (χ3n) is 4.94. The number of carbonyl (C=O) groups excluding carboxylic acids is 2. The lowest BCUT2D eigenvalue weighted by Gasteiger charge is -2.13. The van der Waals surface area contributed by atoms with Crippen molar-refractivity contribution >= 4 is 23.6 Å². The zero-order valence-electron chi connectivity index (χ0n) is 17.8. The summed E-state index contributed by atoms with van der Waals surface area (Å²) in [5.41, 5.74) is 5.25. The van der Waals surface area contributed by atoms with Crippen LogP contribution in [-0.2, 0) is 9.59 Å². The highest BCUT2D eigenvalue weighted by molar-refractivity contribution is 6.31. The Morgan fingerprint density at radius 1 is 0.812 bits per heavy atom. The fourth-order valence-electron chi connectivity index (χ4n) is 3.22. The van der Waals surface area contributed by atoms with Gasteiger partial charge in [0.15, 0.2) is 0 Å². The van der Waals surface area contributed by atoms with Crippen LogP contribution in [0.4, 0.5) is 5.69 Å². The fourth-order valence-corrected chi connectivity index (χ4v) is 3.22. The smallest absolute Gasteiger partial charge is 0.282 e. The van der Waals surface area contributed by atoms with E-state index in [2.05, 4.69) is 5.43 Å². The SMILES string of the molecule is Cc1ccc(OCCCOc2ccc(/C=C3\C(=O)NN(c4ccccc4)C3=O)cc2)cc1. The predicted octanol–water partition coefficient (Wildman–Crippen LogP) is 4.30. The third kappa shape index (κ3) is 5.16. The summed E-state index contributed by atoms with van der Waals surface area (Å²) in [6.45, 7) is 3.14. The van der Waals surface area contributed by atoms with Gasteiger partial charge in [-0.25, -0.2) is 5.01 Å². The van der Waals surface area contributed by atoms with E-state index < -0.39 is 5.91 Å². The monoisotopic (exact) mass is 428 g/mol. The molecule has 2 amide bonds. The highest BCUT2D eigenvalue weighted by atomic mass is 16.5. The highest BCUT2D eigenvalue weighted by Gasteiger charge is 2.34.